The zero-order valence-electron chi connectivity index (χ0n) is 8.32. The minimum atomic E-state index is -0.473. The lowest BCUT2D eigenvalue weighted by Gasteiger charge is -2.33. The van der Waals surface area contributed by atoms with E-state index in [1.807, 2.05) is 0 Å². The summed E-state index contributed by atoms with van der Waals surface area (Å²) in [7, 11) is 0. The van der Waals surface area contributed by atoms with Crippen LogP contribution in [0.1, 0.15) is 13.8 Å². The lowest BCUT2D eigenvalue weighted by atomic mass is 10.1. The maximum atomic E-state index is 11.4. The molecule has 0 aromatic rings. The van der Waals surface area contributed by atoms with E-state index in [1.54, 1.807) is 13.8 Å². The summed E-state index contributed by atoms with van der Waals surface area (Å²) in [5, 5.41) is 2.48. The monoisotopic (exact) mass is 198 g/mol. The van der Waals surface area contributed by atoms with Crippen molar-refractivity contribution in [2.45, 2.75) is 19.9 Å². The van der Waals surface area contributed by atoms with Crippen LogP contribution in [-0.2, 0) is 14.4 Å². The molecule has 0 radical (unpaired) electrons. The first-order valence-corrected chi connectivity index (χ1v) is 4.58. The molecule has 1 heterocycles. The zero-order chi connectivity index (χ0) is 10.7. The quantitative estimate of drug-likeness (QED) is 0.602. The molecule has 1 fully saturated rings. The second-order valence-electron chi connectivity index (χ2n) is 3.55. The van der Waals surface area contributed by atoms with Gasteiger partial charge in [-0.2, -0.15) is 0 Å². The summed E-state index contributed by atoms with van der Waals surface area (Å²) in [5.74, 6) is -0.527. The average Bonchev–Trinajstić information content (AvgIpc) is 2.18. The molecule has 0 spiro atoms. The minimum absolute atomic E-state index is 0.0365. The van der Waals surface area contributed by atoms with E-state index in [1.165, 1.54) is 4.90 Å². The van der Waals surface area contributed by atoms with Gasteiger partial charge >= 0.3 is 0 Å². The fourth-order valence-electron chi connectivity index (χ4n) is 1.38. The molecular weight excluding hydrogens is 184 g/mol. The van der Waals surface area contributed by atoms with Crippen LogP contribution in [0, 0.1) is 5.92 Å². The Morgan fingerprint density at radius 1 is 1.64 bits per heavy atom. The first kappa shape index (κ1) is 10.7. The van der Waals surface area contributed by atoms with Crippen LogP contribution in [0.2, 0.25) is 0 Å². The van der Waals surface area contributed by atoms with Gasteiger partial charge in [0.2, 0.25) is 11.8 Å². The molecule has 1 aliphatic rings. The third kappa shape index (κ3) is 2.10. The molecule has 5 nitrogen and oxygen atoms in total. The van der Waals surface area contributed by atoms with Crippen molar-refractivity contribution in [3.63, 3.8) is 0 Å². The molecule has 0 aromatic heterocycles. The lowest BCUT2D eigenvalue weighted by molar-refractivity contribution is -0.145. The largest absolute Gasteiger partial charge is 0.345 e. The predicted octanol–water partition coefficient (Wildman–Crippen LogP) is -0.832. The lowest BCUT2D eigenvalue weighted by Crippen LogP contribution is -2.58. The Kier molecular flexibility index (Phi) is 3.22. The first-order chi connectivity index (χ1) is 6.56. The number of amides is 2. The predicted molar refractivity (Wildman–Crippen MR) is 49.4 cm³/mol. The summed E-state index contributed by atoms with van der Waals surface area (Å²) in [6.45, 7) is 3.73. The van der Waals surface area contributed by atoms with Crippen molar-refractivity contribution in [2.75, 3.05) is 13.1 Å². The molecule has 0 aromatic carbocycles. The van der Waals surface area contributed by atoms with Crippen molar-refractivity contribution in [1.82, 2.24) is 10.2 Å². The fraction of sp³-hybridized carbons (Fsp3) is 0.667. The molecule has 5 heteroatoms. The first-order valence-electron chi connectivity index (χ1n) is 4.58. The molecule has 2 amide bonds. The van der Waals surface area contributed by atoms with E-state index >= 15 is 0 Å². The summed E-state index contributed by atoms with van der Waals surface area (Å²) in [4.78, 5) is 34.5. The van der Waals surface area contributed by atoms with Crippen molar-refractivity contribution >= 4 is 18.1 Å². The molecule has 2 unspecified atom stereocenters. The van der Waals surface area contributed by atoms with Gasteiger partial charge in [-0.25, -0.2) is 0 Å². The second kappa shape index (κ2) is 4.21. The highest BCUT2D eigenvalue weighted by Crippen LogP contribution is 2.07. The molecule has 0 aliphatic carbocycles. The van der Waals surface area contributed by atoms with Gasteiger partial charge in [-0.1, -0.05) is 6.92 Å². The normalized spacial score (nSPS) is 24.4. The molecule has 0 saturated carbocycles. The van der Waals surface area contributed by atoms with Crippen LogP contribution in [0.4, 0.5) is 0 Å². The molecule has 0 bridgehead atoms. The average molecular weight is 198 g/mol. The summed E-state index contributed by atoms with van der Waals surface area (Å²) >= 11 is 0. The SMILES string of the molecule is CC(C=O)CN1C(=O)CNC(=O)C1C. The Labute approximate surface area is 82.4 Å². The highest BCUT2D eigenvalue weighted by molar-refractivity contribution is 5.94. The van der Waals surface area contributed by atoms with Gasteiger partial charge in [0, 0.05) is 12.5 Å². The molecule has 1 N–H and O–H groups in total. The van der Waals surface area contributed by atoms with Gasteiger partial charge in [0.25, 0.3) is 0 Å². The molecule has 78 valence electrons. The Morgan fingerprint density at radius 2 is 2.29 bits per heavy atom. The number of carbonyl (C=O) groups excluding carboxylic acids is 3. The summed E-state index contributed by atoms with van der Waals surface area (Å²) in [6.07, 6.45) is 0.784. The van der Waals surface area contributed by atoms with Gasteiger partial charge in [-0.3, -0.25) is 9.59 Å². The number of carbonyl (C=O) groups is 3. The third-order valence-electron chi connectivity index (χ3n) is 2.30. The maximum absolute atomic E-state index is 11.4. The maximum Gasteiger partial charge on any atom is 0.242 e. The topological polar surface area (TPSA) is 66.5 Å². The van der Waals surface area contributed by atoms with Gasteiger partial charge in [0.05, 0.1) is 6.54 Å². The number of nitrogens with one attached hydrogen (secondary N) is 1. The van der Waals surface area contributed by atoms with E-state index in [2.05, 4.69) is 5.32 Å². The van der Waals surface area contributed by atoms with E-state index in [-0.39, 0.29) is 24.3 Å². The van der Waals surface area contributed by atoms with Gasteiger partial charge in [-0.05, 0) is 6.92 Å². The van der Waals surface area contributed by atoms with E-state index < -0.39 is 6.04 Å². The fourth-order valence-corrected chi connectivity index (χ4v) is 1.38. The van der Waals surface area contributed by atoms with Crippen LogP contribution >= 0.6 is 0 Å². The van der Waals surface area contributed by atoms with Crippen LogP contribution < -0.4 is 5.32 Å². The van der Waals surface area contributed by atoms with Gasteiger partial charge in [0.15, 0.2) is 0 Å². The van der Waals surface area contributed by atoms with E-state index in [0.717, 1.165) is 6.29 Å². The Hall–Kier alpha value is -1.39. The van der Waals surface area contributed by atoms with Gasteiger partial charge in [-0.15, -0.1) is 0 Å². The Bertz CT molecular complexity index is 265. The number of aldehydes is 1. The molecule has 2 atom stereocenters. The smallest absolute Gasteiger partial charge is 0.242 e. The van der Waals surface area contributed by atoms with Crippen molar-refractivity contribution in [2.24, 2.45) is 5.92 Å². The number of nitrogens with zero attached hydrogens (tertiary/aromatic N) is 1. The van der Waals surface area contributed by atoms with Crippen LogP contribution in [-0.4, -0.2) is 42.1 Å². The van der Waals surface area contributed by atoms with Crippen LogP contribution in [0.3, 0.4) is 0 Å². The minimum Gasteiger partial charge on any atom is -0.345 e. The number of hydrogen-bond acceptors (Lipinski definition) is 3. The van der Waals surface area contributed by atoms with Crippen molar-refractivity contribution in [3.8, 4) is 0 Å². The number of hydrogen-bond donors (Lipinski definition) is 1. The molecular formula is C9H14N2O3. The third-order valence-corrected chi connectivity index (χ3v) is 2.30. The Morgan fingerprint density at radius 3 is 2.86 bits per heavy atom. The highest BCUT2D eigenvalue weighted by atomic mass is 16.2. The van der Waals surface area contributed by atoms with Crippen LogP contribution in [0.5, 0.6) is 0 Å². The Balaban J connectivity index is 2.67. The van der Waals surface area contributed by atoms with Crippen molar-refractivity contribution in [1.29, 1.82) is 0 Å². The summed E-state index contributed by atoms with van der Waals surface area (Å²) in [5.41, 5.74) is 0. The van der Waals surface area contributed by atoms with E-state index in [0.29, 0.717) is 6.54 Å². The summed E-state index contributed by atoms with van der Waals surface area (Å²) < 4.78 is 0. The zero-order valence-corrected chi connectivity index (χ0v) is 8.32. The van der Waals surface area contributed by atoms with E-state index in [4.69, 9.17) is 0 Å². The molecule has 1 saturated heterocycles. The van der Waals surface area contributed by atoms with E-state index in [9.17, 15) is 14.4 Å². The number of rotatable bonds is 3. The van der Waals surface area contributed by atoms with Crippen molar-refractivity contribution in [3.05, 3.63) is 0 Å². The van der Waals surface area contributed by atoms with Crippen molar-refractivity contribution < 1.29 is 14.4 Å². The molecule has 14 heavy (non-hydrogen) atoms. The van der Waals surface area contributed by atoms with Crippen LogP contribution in [0.15, 0.2) is 0 Å². The second-order valence-corrected chi connectivity index (χ2v) is 3.55. The number of piperazine rings is 1. The molecule has 1 aliphatic heterocycles. The van der Waals surface area contributed by atoms with Gasteiger partial charge < -0.3 is 15.0 Å². The summed E-state index contributed by atoms with van der Waals surface area (Å²) in [6, 6.07) is -0.473. The highest BCUT2D eigenvalue weighted by Gasteiger charge is 2.31. The standard InChI is InChI=1S/C9H14N2O3/c1-6(5-12)4-11-7(2)9(14)10-3-8(11)13/h5-7H,3-4H2,1-2H3,(H,10,14). The van der Waals surface area contributed by atoms with Gasteiger partial charge in [0.1, 0.15) is 12.3 Å². The van der Waals surface area contributed by atoms with Crippen LogP contribution in [0.25, 0.3) is 0 Å². The molecule has 1 rings (SSSR count).